The molecule has 120 valence electrons. The third kappa shape index (κ3) is 3.91. The Labute approximate surface area is 144 Å². The fourth-order valence-corrected chi connectivity index (χ4v) is 3.13. The summed E-state index contributed by atoms with van der Waals surface area (Å²) >= 11 is 3.35. The molecular weight excluding hydrogens is 356 g/mol. The lowest BCUT2D eigenvalue weighted by Gasteiger charge is -2.17. The molecule has 1 aliphatic rings. The van der Waals surface area contributed by atoms with E-state index in [0.717, 1.165) is 27.6 Å². The van der Waals surface area contributed by atoms with Crippen LogP contribution in [0, 0.1) is 13.8 Å². The van der Waals surface area contributed by atoms with E-state index < -0.39 is 0 Å². The number of hydrogen-bond donors (Lipinski definition) is 0. The van der Waals surface area contributed by atoms with E-state index in [1.807, 2.05) is 43.0 Å². The highest BCUT2D eigenvalue weighted by Gasteiger charge is 2.28. The van der Waals surface area contributed by atoms with E-state index in [1.165, 1.54) is 0 Å². The number of hydrogen-bond acceptors (Lipinski definition) is 3. The lowest BCUT2D eigenvalue weighted by atomic mass is 10.1. The largest absolute Gasteiger partial charge is 0.472 e. The van der Waals surface area contributed by atoms with Crippen LogP contribution in [-0.4, -0.2) is 35.0 Å². The zero-order valence-corrected chi connectivity index (χ0v) is 14.8. The molecule has 0 saturated carbocycles. The van der Waals surface area contributed by atoms with Gasteiger partial charge in [-0.1, -0.05) is 17.2 Å². The van der Waals surface area contributed by atoms with E-state index >= 15 is 0 Å². The van der Waals surface area contributed by atoms with Gasteiger partial charge in [0.25, 0.3) is 5.91 Å². The maximum absolute atomic E-state index is 12.6. The summed E-state index contributed by atoms with van der Waals surface area (Å²) in [5, 5.41) is 0. The van der Waals surface area contributed by atoms with E-state index in [2.05, 4.69) is 27.0 Å². The van der Waals surface area contributed by atoms with Gasteiger partial charge in [-0.2, -0.15) is 0 Å². The van der Waals surface area contributed by atoms with Crippen molar-refractivity contribution in [3.05, 3.63) is 57.7 Å². The number of halogens is 1. The summed E-state index contributed by atoms with van der Waals surface area (Å²) in [6.07, 6.45) is 2.54. The minimum Gasteiger partial charge on any atom is -0.472 e. The average Bonchev–Trinajstić information content (AvgIpc) is 2.96. The molecule has 3 rings (SSSR count). The van der Waals surface area contributed by atoms with Gasteiger partial charge in [-0.25, -0.2) is 4.98 Å². The van der Waals surface area contributed by atoms with Crippen LogP contribution in [0.3, 0.4) is 0 Å². The molecule has 0 spiro atoms. The Morgan fingerprint density at radius 1 is 1.26 bits per heavy atom. The Balaban J connectivity index is 1.64. The number of rotatable bonds is 3. The molecule has 0 aliphatic carbocycles. The van der Waals surface area contributed by atoms with Crippen molar-refractivity contribution >= 4 is 21.8 Å². The fourth-order valence-electron chi connectivity index (χ4n) is 2.89. The van der Waals surface area contributed by atoms with E-state index in [9.17, 15) is 4.79 Å². The summed E-state index contributed by atoms with van der Waals surface area (Å²) in [4.78, 5) is 18.7. The smallest absolute Gasteiger partial charge is 0.254 e. The van der Waals surface area contributed by atoms with Crippen molar-refractivity contribution in [2.75, 3.05) is 13.1 Å². The van der Waals surface area contributed by atoms with Crippen molar-refractivity contribution < 1.29 is 9.53 Å². The summed E-state index contributed by atoms with van der Waals surface area (Å²) in [6.45, 7) is 5.34. The molecular formula is C18H19BrN2O2. The van der Waals surface area contributed by atoms with Crippen molar-refractivity contribution in [3.63, 3.8) is 0 Å². The molecule has 4 nitrogen and oxygen atoms in total. The third-order valence-corrected chi connectivity index (χ3v) is 4.36. The maximum Gasteiger partial charge on any atom is 0.254 e. The van der Waals surface area contributed by atoms with E-state index in [-0.39, 0.29) is 12.0 Å². The van der Waals surface area contributed by atoms with Gasteiger partial charge in [-0.15, -0.1) is 0 Å². The predicted octanol–water partition coefficient (Wildman–Crippen LogP) is 3.75. The first kappa shape index (κ1) is 16.0. The molecule has 2 heterocycles. The molecule has 23 heavy (non-hydrogen) atoms. The van der Waals surface area contributed by atoms with Crippen LogP contribution in [-0.2, 0) is 0 Å². The minimum absolute atomic E-state index is 0.00136. The first-order chi connectivity index (χ1) is 11.0. The van der Waals surface area contributed by atoms with E-state index in [1.54, 1.807) is 6.20 Å². The van der Waals surface area contributed by atoms with Crippen molar-refractivity contribution in [3.8, 4) is 5.88 Å². The van der Waals surface area contributed by atoms with E-state index in [4.69, 9.17) is 4.74 Å². The van der Waals surface area contributed by atoms with Gasteiger partial charge in [0.15, 0.2) is 0 Å². The normalized spacial score (nSPS) is 17.3. The second kappa shape index (κ2) is 6.71. The highest BCUT2D eigenvalue weighted by molar-refractivity contribution is 9.10. The molecule has 1 fully saturated rings. The standard InChI is InChI=1S/C18H19BrN2O2/c1-12-7-13(2)9-14(8-12)18(22)21-6-5-16(11-21)23-17-4-3-15(19)10-20-17/h3-4,7-10,16H,5-6,11H2,1-2H3. The van der Waals surface area contributed by atoms with Gasteiger partial charge >= 0.3 is 0 Å². The zero-order chi connectivity index (χ0) is 16.4. The second-order valence-corrected chi connectivity index (χ2v) is 6.89. The number of aromatic nitrogens is 1. The van der Waals surface area contributed by atoms with Gasteiger partial charge in [-0.05, 0) is 48.0 Å². The topological polar surface area (TPSA) is 42.4 Å². The van der Waals surface area contributed by atoms with Gasteiger partial charge in [0.2, 0.25) is 5.88 Å². The van der Waals surface area contributed by atoms with Crippen LogP contribution in [0.1, 0.15) is 27.9 Å². The lowest BCUT2D eigenvalue weighted by Crippen LogP contribution is -2.31. The summed E-state index contributed by atoms with van der Waals surface area (Å²) in [7, 11) is 0. The Morgan fingerprint density at radius 3 is 2.65 bits per heavy atom. The number of ether oxygens (including phenoxy) is 1. The molecule has 1 amide bonds. The number of benzene rings is 1. The first-order valence-corrected chi connectivity index (χ1v) is 8.46. The predicted molar refractivity (Wildman–Crippen MR) is 92.8 cm³/mol. The van der Waals surface area contributed by atoms with E-state index in [0.29, 0.717) is 19.0 Å². The number of pyridine rings is 1. The fraction of sp³-hybridized carbons (Fsp3) is 0.333. The quantitative estimate of drug-likeness (QED) is 0.821. The number of amides is 1. The van der Waals surface area contributed by atoms with Crippen LogP contribution < -0.4 is 4.74 Å². The number of nitrogens with zero attached hydrogens (tertiary/aromatic N) is 2. The summed E-state index contributed by atoms with van der Waals surface area (Å²) in [5.74, 6) is 0.672. The van der Waals surface area contributed by atoms with Crippen LogP contribution in [0.25, 0.3) is 0 Å². The highest BCUT2D eigenvalue weighted by Crippen LogP contribution is 2.20. The number of carbonyl (C=O) groups excluding carboxylic acids is 1. The molecule has 1 unspecified atom stereocenters. The van der Waals surface area contributed by atoms with Gasteiger partial charge in [0, 0.05) is 35.3 Å². The Morgan fingerprint density at radius 2 is 2.00 bits per heavy atom. The number of aryl methyl sites for hydroxylation is 2. The van der Waals surface area contributed by atoms with Gasteiger partial charge in [0.1, 0.15) is 6.10 Å². The molecule has 1 aromatic heterocycles. The van der Waals surface area contributed by atoms with Gasteiger partial charge in [0.05, 0.1) is 6.54 Å². The molecule has 1 aromatic carbocycles. The molecule has 0 N–H and O–H groups in total. The average molecular weight is 375 g/mol. The SMILES string of the molecule is Cc1cc(C)cc(C(=O)N2CCC(Oc3ccc(Br)cn3)C2)c1. The Hall–Kier alpha value is -1.88. The van der Waals surface area contributed by atoms with Crippen LogP contribution in [0.5, 0.6) is 5.88 Å². The van der Waals surface area contributed by atoms with Crippen LogP contribution in [0.4, 0.5) is 0 Å². The van der Waals surface area contributed by atoms with Crippen LogP contribution >= 0.6 is 15.9 Å². The number of carbonyl (C=O) groups is 1. The third-order valence-electron chi connectivity index (χ3n) is 3.89. The Bertz CT molecular complexity index is 695. The van der Waals surface area contributed by atoms with Crippen molar-refractivity contribution in [1.82, 2.24) is 9.88 Å². The highest BCUT2D eigenvalue weighted by atomic mass is 79.9. The molecule has 2 aromatic rings. The molecule has 1 saturated heterocycles. The van der Waals surface area contributed by atoms with Crippen molar-refractivity contribution in [2.45, 2.75) is 26.4 Å². The van der Waals surface area contributed by atoms with Crippen LogP contribution in [0.2, 0.25) is 0 Å². The molecule has 5 heteroatoms. The molecule has 1 atom stereocenters. The monoisotopic (exact) mass is 374 g/mol. The summed E-state index contributed by atoms with van der Waals surface area (Å²) in [5.41, 5.74) is 2.98. The van der Waals surface area contributed by atoms with Crippen molar-refractivity contribution in [1.29, 1.82) is 0 Å². The lowest BCUT2D eigenvalue weighted by molar-refractivity contribution is 0.0771. The maximum atomic E-state index is 12.6. The van der Waals surface area contributed by atoms with Crippen LogP contribution in [0.15, 0.2) is 41.0 Å². The summed E-state index contributed by atoms with van der Waals surface area (Å²) in [6, 6.07) is 9.69. The van der Waals surface area contributed by atoms with Gasteiger partial charge < -0.3 is 9.64 Å². The summed E-state index contributed by atoms with van der Waals surface area (Å²) < 4.78 is 6.79. The minimum atomic E-state index is -0.00136. The molecule has 0 radical (unpaired) electrons. The number of likely N-dealkylation sites (tertiary alicyclic amines) is 1. The first-order valence-electron chi connectivity index (χ1n) is 7.67. The van der Waals surface area contributed by atoms with Crippen molar-refractivity contribution in [2.24, 2.45) is 0 Å². The van der Waals surface area contributed by atoms with Gasteiger partial charge in [-0.3, -0.25) is 4.79 Å². The molecule has 1 aliphatic heterocycles. The molecule has 0 bridgehead atoms. The Kier molecular flexibility index (Phi) is 4.66. The second-order valence-electron chi connectivity index (χ2n) is 5.97. The zero-order valence-electron chi connectivity index (χ0n) is 13.3.